The fourth-order valence-electron chi connectivity index (χ4n) is 1.96. The van der Waals surface area contributed by atoms with Gasteiger partial charge in [-0.2, -0.15) is 0 Å². The van der Waals surface area contributed by atoms with Crippen molar-refractivity contribution < 1.29 is 19.1 Å². The van der Waals surface area contributed by atoms with Crippen molar-refractivity contribution in [3.05, 3.63) is 54.1 Å². The van der Waals surface area contributed by atoms with E-state index in [0.717, 1.165) is 0 Å². The summed E-state index contributed by atoms with van der Waals surface area (Å²) < 4.78 is 11.0. The van der Waals surface area contributed by atoms with Crippen molar-refractivity contribution in [3.8, 4) is 11.5 Å². The molecule has 5 heteroatoms. The van der Waals surface area contributed by atoms with Crippen LogP contribution >= 0.6 is 0 Å². The van der Waals surface area contributed by atoms with Crippen LogP contribution in [0.3, 0.4) is 0 Å². The maximum Gasteiger partial charge on any atom is 0.347 e. The lowest BCUT2D eigenvalue weighted by atomic mass is 10.2. The summed E-state index contributed by atoms with van der Waals surface area (Å²) in [5.41, 5.74) is 1.01. The molecular weight excluding hydrogens is 294 g/mol. The zero-order valence-electron chi connectivity index (χ0n) is 13.3. The zero-order valence-corrected chi connectivity index (χ0v) is 13.3. The summed E-state index contributed by atoms with van der Waals surface area (Å²) in [6, 6.07) is 13.5. The normalized spacial score (nSPS) is 10.3. The number of ether oxygens (including phenoxy) is 2. The molecule has 0 atom stereocenters. The minimum Gasteiger partial charge on any atom is -0.490 e. The SMILES string of the molecule is CC(=O)Nc1ccc(OC(=O)c2ccccc2OC(C)C)cc1. The van der Waals surface area contributed by atoms with Gasteiger partial charge < -0.3 is 14.8 Å². The van der Waals surface area contributed by atoms with E-state index in [9.17, 15) is 9.59 Å². The third-order valence-corrected chi connectivity index (χ3v) is 2.85. The van der Waals surface area contributed by atoms with Crippen molar-refractivity contribution in [1.29, 1.82) is 0 Å². The van der Waals surface area contributed by atoms with Crippen LogP contribution in [-0.2, 0) is 4.79 Å². The first-order valence-corrected chi connectivity index (χ1v) is 7.31. The number of para-hydroxylation sites is 1. The Morgan fingerprint density at radius 2 is 1.65 bits per heavy atom. The summed E-state index contributed by atoms with van der Waals surface area (Å²) in [6.45, 7) is 5.21. The van der Waals surface area contributed by atoms with Crippen LogP contribution in [0.4, 0.5) is 5.69 Å². The van der Waals surface area contributed by atoms with Crippen LogP contribution < -0.4 is 14.8 Å². The van der Waals surface area contributed by atoms with Gasteiger partial charge in [-0.15, -0.1) is 0 Å². The molecule has 0 unspecified atom stereocenters. The number of rotatable bonds is 5. The number of benzene rings is 2. The number of carbonyl (C=O) groups is 2. The highest BCUT2D eigenvalue weighted by Gasteiger charge is 2.15. The van der Waals surface area contributed by atoms with Crippen LogP contribution in [0.2, 0.25) is 0 Å². The molecule has 1 amide bonds. The minimum absolute atomic E-state index is 0.0408. The molecule has 0 aliphatic carbocycles. The van der Waals surface area contributed by atoms with Gasteiger partial charge in [0, 0.05) is 12.6 Å². The molecule has 1 N–H and O–H groups in total. The lowest BCUT2D eigenvalue weighted by molar-refractivity contribution is -0.114. The molecule has 0 saturated carbocycles. The Morgan fingerprint density at radius 3 is 2.26 bits per heavy atom. The van der Waals surface area contributed by atoms with Gasteiger partial charge in [0.05, 0.1) is 6.10 Å². The van der Waals surface area contributed by atoms with E-state index in [1.165, 1.54) is 6.92 Å². The first kappa shape index (κ1) is 16.5. The van der Waals surface area contributed by atoms with E-state index in [1.807, 2.05) is 13.8 Å². The maximum atomic E-state index is 12.3. The van der Waals surface area contributed by atoms with E-state index in [4.69, 9.17) is 9.47 Å². The standard InChI is InChI=1S/C18H19NO4/c1-12(2)22-17-7-5-4-6-16(17)18(21)23-15-10-8-14(9-11-15)19-13(3)20/h4-12H,1-3H3,(H,19,20). The average Bonchev–Trinajstić information content (AvgIpc) is 2.48. The fraction of sp³-hybridized carbons (Fsp3) is 0.222. The van der Waals surface area contributed by atoms with Gasteiger partial charge in [0.25, 0.3) is 0 Å². The van der Waals surface area contributed by atoms with Crippen LogP contribution in [0.15, 0.2) is 48.5 Å². The van der Waals surface area contributed by atoms with Crippen molar-refractivity contribution in [3.63, 3.8) is 0 Å². The van der Waals surface area contributed by atoms with Crippen LogP contribution in [0, 0.1) is 0 Å². The molecule has 120 valence electrons. The number of hydrogen-bond donors (Lipinski definition) is 1. The van der Waals surface area contributed by atoms with Crippen LogP contribution in [0.1, 0.15) is 31.1 Å². The third kappa shape index (κ3) is 4.85. The van der Waals surface area contributed by atoms with Gasteiger partial charge >= 0.3 is 5.97 Å². The number of anilines is 1. The predicted octanol–water partition coefficient (Wildman–Crippen LogP) is 3.65. The molecule has 2 aromatic rings. The van der Waals surface area contributed by atoms with Crippen molar-refractivity contribution in [2.75, 3.05) is 5.32 Å². The highest BCUT2D eigenvalue weighted by Crippen LogP contribution is 2.22. The van der Waals surface area contributed by atoms with Crippen LogP contribution in [0.25, 0.3) is 0 Å². The van der Waals surface area contributed by atoms with Crippen molar-refractivity contribution >= 4 is 17.6 Å². The van der Waals surface area contributed by atoms with Gasteiger partial charge in [0.1, 0.15) is 17.1 Å². The molecule has 0 bridgehead atoms. The molecule has 0 aromatic heterocycles. The second kappa shape index (κ2) is 7.45. The monoisotopic (exact) mass is 313 g/mol. The molecule has 2 rings (SSSR count). The largest absolute Gasteiger partial charge is 0.490 e. The van der Waals surface area contributed by atoms with E-state index in [0.29, 0.717) is 22.7 Å². The summed E-state index contributed by atoms with van der Waals surface area (Å²) in [4.78, 5) is 23.3. The molecular formula is C18H19NO4. The lowest BCUT2D eigenvalue weighted by Gasteiger charge is -2.13. The highest BCUT2D eigenvalue weighted by molar-refractivity contribution is 5.94. The molecule has 0 aliphatic rings. The Labute approximate surface area is 135 Å². The van der Waals surface area contributed by atoms with E-state index in [1.54, 1.807) is 48.5 Å². The minimum atomic E-state index is -0.492. The number of carbonyl (C=O) groups excluding carboxylic acids is 2. The van der Waals surface area contributed by atoms with Gasteiger partial charge in [-0.1, -0.05) is 12.1 Å². The first-order chi connectivity index (χ1) is 11.0. The molecule has 0 aliphatic heterocycles. The van der Waals surface area contributed by atoms with E-state index in [-0.39, 0.29) is 12.0 Å². The summed E-state index contributed by atoms with van der Waals surface area (Å²) in [6.07, 6.45) is -0.0408. The molecule has 5 nitrogen and oxygen atoms in total. The van der Waals surface area contributed by atoms with Gasteiger partial charge in [-0.05, 0) is 50.2 Å². The molecule has 0 heterocycles. The number of nitrogens with one attached hydrogen (secondary N) is 1. The molecule has 0 radical (unpaired) electrons. The Kier molecular flexibility index (Phi) is 5.36. The topological polar surface area (TPSA) is 64.6 Å². The number of amides is 1. The summed E-state index contributed by atoms with van der Waals surface area (Å²) >= 11 is 0. The van der Waals surface area contributed by atoms with Crippen molar-refractivity contribution in [1.82, 2.24) is 0 Å². The average molecular weight is 313 g/mol. The Morgan fingerprint density at radius 1 is 1.00 bits per heavy atom. The highest BCUT2D eigenvalue weighted by atomic mass is 16.5. The van der Waals surface area contributed by atoms with Crippen molar-refractivity contribution in [2.24, 2.45) is 0 Å². The van der Waals surface area contributed by atoms with Crippen LogP contribution in [-0.4, -0.2) is 18.0 Å². The third-order valence-electron chi connectivity index (χ3n) is 2.85. The van der Waals surface area contributed by atoms with Gasteiger partial charge in [0.2, 0.25) is 5.91 Å². The van der Waals surface area contributed by atoms with E-state index >= 15 is 0 Å². The molecule has 23 heavy (non-hydrogen) atoms. The lowest BCUT2D eigenvalue weighted by Crippen LogP contribution is -2.13. The molecule has 0 spiro atoms. The van der Waals surface area contributed by atoms with E-state index < -0.39 is 5.97 Å². The second-order valence-corrected chi connectivity index (χ2v) is 5.26. The molecule has 0 saturated heterocycles. The summed E-state index contributed by atoms with van der Waals surface area (Å²) in [7, 11) is 0. The predicted molar refractivity (Wildman–Crippen MR) is 87.9 cm³/mol. The second-order valence-electron chi connectivity index (χ2n) is 5.26. The Bertz CT molecular complexity index is 692. The maximum absolute atomic E-state index is 12.3. The van der Waals surface area contributed by atoms with Gasteiger partial charge in [0.15, 0.2) is 0 Å². The Hall–Kier alpha value is -2.82. The fourth-order valence-corrected chi connectivity index (χ4v) is 1.96. The Balaban J connectivity index is 2.11. The smallest absolute Gasteiger partial charge is 0.347 e. The summed E-state index contributed by atoms with van der Waals surface area (Å²) in [5.74, 6) is 0.230. The number of esters is 1. The summed E-state index contributed by atoms with van der Waals surface area (Å²) in [5, 5.41) is 2.65. The zero-order chi connectivity index (χ0) is 16.8. The number of hydrogen-bond acceptors (Lipinski definition) is 4. The molecule has 0 fully saturated rings. The van der Waals surface area contributed by atoms with Gasteiger partial charge in [-0.25, -0.2) is 4.79 Å². The van der Waals surface area contributed by atoms with Gasteiger partial charge in [-0.3, -0.25) is 4.79 Å². The van der Waals surface area contributed by atoms with Crippen molar-refractivity contribution in [2.45, 2.75) is 26.9 Å². The quantitative estimate of drug-likeness (QED) is 0.676. The first-order valence-electron chi connectivity index (χ1n) is 7.31. The van der Waals surface area contributed by atoms with Crippen LogP contribution in [0.5, 0.6) is 11.5 Å². The van der Waals surface area contributed by atoms with E-state index in [2.05, 4.69) is 5.32 Å². The molecule has 2 aromatic carbocycles.